The summed E-state index contributed by atoms with van der Waals surface area (Å²) in [5.74, 6) is 1.60. The van der Waals surface area contributed by atoms with Crippen molar-refractivity contribution in [2.45, 2.75) is 18.8 Å². The molecule has 3 heterocycles. The zero-order valence-corrected chi connectivity index (χ0v) is 10.7. The van der Waals surface area contributed by atoms with Gasteiger partial charge in [0.15, 0.2) is 0 Å². The second-order valence-corrected chi connectivity index (χ2v) is 5.21. The first-order chi connectivity index (χ1) is 8.25. The van der Waals surface area contributed by atoms with Crippen molar-refractivity contribution in [1.82, 2.24) is 14.3 Å². The molecule has 0 N–H and O–H groups in total. The summed E-state index contributed by atoms with van der Waals surface area (Å²) in [6.45, 7) is 2.26. The molecule has 2 aromatic heterocycles. The Kier molecular flexibility index (Phi) is 2.81. The normalized spacial score (nSPS) is 22.1. The fourth-order valence-corrected chi connectivity index (χ4v) is 2.95. The van der Waals surface area contributed by atoms with Crippen LogP contribution in [0.3, 0.4) is 0 Å². The van der Waals surface area contributed by atoms with Crippen molar-refractivity contribution in [2.24, 2.45) is 0 Å². The number of fused-ring (bicyclic) bond motifs is 1. The Bertz CT molecular complexity index is 534. The van der Waals surface area contributed by atoms with E-state index in [0.29, 0.717) is 5.92 Å². The van der Waals surface area contributed by atoms with Crippen LogP contribution < -0.4 is 0 Å². The lowest BCUT2D eigenvalue weighted by Gasteiger charge is -2.29. The number of hydrogen-bond acceptors (Lipinski definition) is 2. The van der Waals surface area contributed by atoms with Gasteiger partial charge in [-0.25, -0.2) is 4.98 Å². The molecule has 1 fully saturated rings. The SMILES string of the molecule is CN1CCCC(c2ncc3cccc(Cl)n23)C1. The van der Waals surface area contributed by atoms with E-state index < -0.39 is 0 Å². The molecular formula is C13H16ClN3. The number of aromatic nitrogens is 2. The van der Waals surface area contributed by atoms with Crippen molar-refractivity contribution < 1.29 is 0 Å². The molecule has 17 heavy (non-hydrogen) atoms. The minimum atomic E-state index is 0.496. The zero-order chi connectivity index (χ0) is 11.8. The second-order valence-electron chi connectivity index (χ2n) is 4.83. The van der Waals surface area contributed by atoms with Crippen LogP contribution in [0, 0.1) is 0 Å². The van der Waals surface area contributed by atoms with E-state index in [0.717, 1.165) is 23.0 Å². The Hall–Kier alpha value is -1.06. The summed E-state index contributed by atoms with van der Waals surface area (Å²) in [7, 11) is 2.17. The number of hydrogen-bond donors (Lipinski definition) is 0. The minimum absolute atomic E-state index is 0.496. The summed E-state index contributed by atoms with van der Waals surface area (Å²) in [5.41, 5.74) is 1.08. The Morgan fingerprint density at radius 2 is 2.29 bits per heavy atom. The zero-order valence-electron chi connectivity index (χ0n) is 9.93. The quantitative estimate of drug-likeness (QED) is 0.725. The summed E-state index contributed by atoms with van der Waals surface area (Å²) in [5, 5.41) is 0.753. The van der Waals surface area contributed by atoms with Crippen LogP contribution >= 0.6 is 11.6 Å². The van der Waals surface area contributed by atoms with E-state index in [9.17, 15) is 0 Å². The van der Waals surface area contributed by atoms with Crippen LogP contribution in [0.5, 0.6) is 0 Å². The number of rotatable bonds is 1. The van der Waals surface area contributed by atoms with E-state index in [1.54, 1.807) is 0 Å². The van der Waals surface area contributed by atoms with Crippen LogP contribution in [0.15, 0.2) is 24.4 Å². The number of likely N-dealkylation sites (N-methyl/N-ethyl adjacent to an activating group) is 1. The molecule has 1 aliphatic rings. The number of imidazole rings is 1. The highest BCUT2D eigenvalue weighted by Gasteiger charge is 2.23. The van der Waals surface area contributed by atoms with Crippen LogP contribution in [-0.2, 0) is 0 Å². The summed E-state index contributed by atoms with van der Waals surface area (Å²) in [4.78, 5) is 6.93. The first-order valence-corrected chi connectivity index (χ1v) is 6.44. The molecule has 1 unspecified atom stereocenters. The molecule has 0 aromatic carbocycles. The van der Waals surface area contributed by atoms with E-state index in [1.807, 2.05) is 18.3 Å². The van der Waals surface area contributed by atoms with Crippen molar-refractivity contribution >= 4 is 17.1 Å². The van der Waals surface area contributed by atoms with Gasteiger partial charge in [-0.15, -0.1) is 0 Å². The summed E-state index contributed by atoms with van der Waals surface area (Å²) in [6, 6.07) is 5.94. The average molecular weight is 250 g/mol. The van der Waals surface area contributed by atoms with Crippen LogP contribution in [-0.4, -0.2) is 34.4 Å². The monoisotopic (exact) mass is 249 g/mol. The molecular weight excluding hydrogens is 234 g/mol. The van der Waals surface area contributed by atoms with Crippen molar-refractivity contribution in [1.29, 1.82) is 0 Å². The largest absolute Gasteiger partial charge is 0.306 e. The standard InChI is InChI=1S/C13H16ClN3/c1-16-7-3-4-10(9-16)13-15-8-11-5-2-6-12(14)17(11)13/h2,5-6,8,10H,3-4,7,9H2,1H3. The minimum Gasteiger partial charge on any atom is -0.306 e. The first kappa shape index (κ1) is 11.1. The highest BCUT2D eigenvalue weighted by molar-refractivity contribution is 6.29. The molecule has 0 bridgehead atoms. The van der Waals surface area contributed by atoms with Gasteiger partial charge < -0.3 is 4.90 Å². The molecule has 4 heteroatoms. The number of piperidine rings is 1. The Morgan fingerprint density at radius 1 is 1.41 bits per heavy atom. The highest BCUT2D eigenvalue weighted by atomic mass is 35.5. The van der Waals surface area contributed by atoms with E-state index >= 15 is 0 Å². The smallest absolute Gasteiger partial charge is 0.118 e. The van der Waals surface area contributed by atoms with Gasteiger partial charge in [-0.1, -0.05) is 17.7 Å². The second kappa shape index (κ2) is 4.31. The Balaban J connectivity index is 2.05. The van der Waals surface area contributed by atoms with Gasteiger partial charge in [0, 0.05) is 12.5 Å². The van der Waals surface area contributed by atoms with Gasteiger partial charge in [0.1, 0.15) is 11.0 Å². The average Bonchev–Trinajstić information content (AvgIpc) is 2.74. The Morgan fingerprint density at radius 3 is 3.12 bits per heavy atom. The summed E-state index contributed by atoms with van der Waals surface area (Å²) < 4.78 is 2.07. The molecule has 0 amide bonds. The number of nitrogens with zero attached hydrogens (tertiary/aromatic N) is 3. The van der Waals surface area contributed by atoms with Gasteiger partial charge in [-0.3, -0.25) is 4.40 Å². The predicted molar refractivity (Wildman–Crippen MR) is 69.7 cm³/mol. The molecule has 1 aliphatic heterocycles. The lowest BCUT2D eigenvalue weighted by Crippen LogP contribution is -2.31. The molecule has 2 aromatic rings. The van der Waals surface area contributed by atoms with Crippen LogP contribution in [0.4, 0.5) is 0 Å². The third-order valence-electron chi connectivity index (χ3n) is 3.52. The van der Waals surface area contributed by atoms with E-state index in [2.05, 4.69) is 27.4 Å². The topological polar surface area (TPSA) is 20.5 Å². The van der Waals surface area contributed by atoms with Crippen LogP contribution in [0.2, 0.25) is 5.15 Å². The van der Waals surface area contributed by atoms with Crippen LogP contribution in [0.1, 0.15) is 24.6 Å². The van der Waals surface area contributed by atoms with Crippen molar-refractivity contribution in [2.75, 3.05) is 20.1 Å². The third-order valence-corrected chi connectivity index (χ3v) is 3.82. The molecule has 1 atom stereocenters. The molecule has 1 saturated heterocycles. The lowest BCUT2D eigenvalue weighted by atomic mass is 9.98. The maximum absolute atomic E-state index is 6.27. The Labute approximate surface area is 106 Å². The van der Waals surface area contributed by atoms with Gasteiger partial charge in [0.05, 0.1) is 11.7 Å². The highest BCUT2D eigenvalue weighted by Crippen LogP contribution is 2.27. The fourth-order valence-electron chi connectivity index (χ4n) is 2.70. The van der Waals surface area contributed by atoms with Crippen LogP contribution in [0.25, 0.3) is 5.52 Å². The van der Waals surface area contributed by atoms with Crippen molar-refractivity contribution in [3.05, 3.63) is 35.4 Å². The molecule has 0 saturated carbocycles. The molecule has 3 rings (SSSR count). The van der Waals surface area contributed by atoms with Gasteiger partial charge >= 0.3 is 0 Å². The number of likely N-dealkylation sites (tertiary alicyclic amines) is 1. The predicted octanol–water partition coefficient (Wildman–Crippen LogP) is 2.80. The van der Waals surface area contributed by atoms with Gasteiger partial charge in [0.2, 0.25) is 0 Å². The fraction of sp³-hybridized carbons (Fsp3) is 0.462. The van der Waals surface area contributed by atoms with Crippen molar-refractivity contribution in [3.8, 4) is 0 Å². The van der Waals surface area contributed by atoms with Gasteiger partial charge in [-0.05, 0) is 38.6 Å². The van der Waals surface area contributed by atoms with Gasteiger partial charge in [0.25, 0.3) is 0 Å². The summed E-state index contributed by atoms with van der Waals surface area (Å²) in [6.07, 6.45) is 4.35. The van der Waals surface area contributed by atoms with Crippen molar-refractivity contribution in [3.63, 3.8) is 0 Å². The molecule has 0 spiro atoms. The molecule has 0 radical (unpaired) electrons. The maximum atomic E-state index is 6.27. The summed E-state index contributed by atoms with van der Waals surface area (Å²) >= 11 is 6.27. The lowest BCUT2D eigenvalue weighted by molar-refractivity contribution is 0.245. The first-order valence-electron chi connectivity index (χ1n) is 6.06. The third kappa shape index (κ3) is 1.94. The van der Waals surface area contributed by atoms with E-state index in [1.165, 1.54) is 19.4 Å². The molecule has 0 aliphatic carbocycles. The molecule has 90 valence electrons. The van der Waals surface area contributed by atoms with E-state index in [4.69, 9.17) is 11.6 Å². The van der Waals surface area contributed by atoms with E-state index in [-0.39, 0.29) is 0 Å². The number of halogens is 1. The number of pyridine rings is 1. The molecule has 3 nitrogen and oxygen atoms in total. The van der Waals surface area contributed by atoms with Gasteiger partial charge in [-0.2, -0.15) is 0 Å². The maximum Gasteiger partial charge on any atom is 0.118 e.